The Morgan fingerprint density at radius 1 is 1.10 bits per heavy atom. The minimum absolute atomic E-state index is 0.0190. The van der Waals surface area contributed by atoms with Crippen molar-refractivity contribution >= 4 is 30.7 Å². The van der Waals surface area contributed by atoms with Crippen LogP contribution >= 0.6 is 7.75 Å². The summed E-state index contributed by atoms with van der Waals surface area (Å²) in [5.74, 6) is -1.30. The fourth-order valence-corrected chi connectivity index (χ4v) is 6.99. The third-order valence-electron chi connectivity index (χ3n) is 8.16. The van der Waals surface area contributed by atoms with Gasteiger partial charge in [-0.05, 0) is 64.4 Å². The number of hydrogen-bond donors (Lipinski definition) is 2. The second-order valence-corrected chi connectivity index (χ2v) is 14.3. The number of alkyl halides is 1. The van der Waals surface area contributed by atoms with E-state index in [-0.39, 0.29) is 12.2 Å². The number of aliphatic hydroxyl groups excluding tert-OH is 1. The molecular weight excluding hydrogens is 704 g/mol. The molecule has 5 rings (SSSR count). The minimum atomic E-state index is -4.41. The summed E-state index contributed by atoms with van der Waals surface area (Å²) in [5.41, 5.74) is -3.77. The highest BCUT2D eigenvalue weighted by Gasteiger charge is 2.56. The van der Waals surface area contributed by atoms with Gasteiger partial charge in [0.1, 0.15) is 29.6 Å². The molecule has 2 N–H and O–H groups in total. The van der Waals surface area contributed by atoms with E-state index in [2.05, 4.69) is 10.1 Å². The molecule has 0 saturated carbocycles. The van der Waals surface area contributed by atoms with E-state index in [1.165, 1.54) is 19.1 Å². The van der Waals surface area contributed by atoms with Gasteiger partial charge in [0.05, 0.1) is 12.7 Å². The van der Waals surface area contributed by atoms with Gasteiger partial charge < -0.3 is 28.4 Å². The third-order valence-corrected chi connectivity index (χ3v) is 9.80. The molecule has 1 aliphatic rings. The van der Waals surface area contributed by atoms with Crippen molar-refractivity contribution in [3.05, 3.63) is 94.0 Å². The molecule has 16 nitrogen and oxygen atoms in total. The Balaban J connectivity index is 1.24. The van der Waals surface area contributed by atoms with E-state index in [0.29, 0.717) is 17.5 Å². The fourth-order valence-electron chi connectivity index (χ4n) is 5.49. The molecule has 4 aromatic rings. The summed E-state index contributed by atoms with van der Waals surface area (Å²) in [4.78, 5) is 55.3. The number of esters is 2. The van der Waals surface area contributed by atoms with E-state index in [1.54, 1.807) is 38.2 Å². The van der Waals surface area contributed by atoms with Gasteiger partial charge in [0.2, 0.25) is 0 Å². The summed E-state index contributed by atoms with van der Waals surface area (Å²) >= 11 is 0. The van der Waals surface area contributed by atoms with Gasteiger partial charge in [-0.15, -0.1) is 0 Å². The van der Waals surface area contributed by atoms with Crippen molar-refractivity contribution in [2.45, 2.75) is 90.1 Å². The molecule has 1 aromatic carbocycles. The Bertz CT molecular complexity index is 2030. The number of aryl methyl sites for hydroxylation is 1. The first kappa shape index (κ1) is 38.6. The number of hydrogen-bond acceptors (Lipinski definition) is 12. The highest BCUT2D eigenvalue weighted by molar-refractivity contribution is 7.52. The van der Waals surface area contributed by atoms with Crippen molar-refractivity contribution in [3.8, 4) is 5.75 Å². The maximum Gasteiger partial charge on any atom is 0.459 e. The standard InChI is InChI=1S/C34H41FN5O11P/c1-22(2)49-31(44)23(3)37-52(46,51-25-11-6-5-7-12-25)48-20-26-29(43)34(4,35)32(50-26)39-19-15-27(41)40(33(39)45)21-47-28(42)13-9-17-38-18-14-24-10-8-16-36-30(24)38/h5-8,10-12,14-16,18-19,22-23,26,29,32,43H,9,13,17,20-21H2,1-4H3,(H,37,46)/t23-,26+,29+,32+,34+,52?/m0/s1. The van der Waals surface area contributed by atoms with Crippen LogP contribution < -0.4 is 20.9 Å². The topological polar surface area (TPSA) is 191 Å². The van der Waals surface area contributed by atoms with Crippen molar-refractivity contribution in [2.75, 3.05) is 6.61 Å². The summed E-state index contributed by atoms with van der Waals surface area (Å²) in [7, 11) is -4.41. The number of ether oxygens (including phenoxy) is 3. The number of nitrogens with one attached hydrogen (secondary N) is 1. The van der Waals surface area contributed by atoms with Crippen LogP contribution in [0.4, 0.5) is 4.39 Å². The lowest BCUT2D eigenvalue weighted by Gasteiger charge is -2.25. The number of carbonyl (C=O) groups is 2. The molecule has 52 heavy (non-hydrogen) atoms. The van der Waals surface area contributed by atoms with Gasteiger partial charge in [-0.25, -0.2) is 23.3 Å². The minimum Gasteiger partial charge on any atom is -0.462 e. The number of nitrogens with zero attached hydrogens (tertiary/aromatic N) is 4. The van der Waals surface area contributed by atoms with Crippen LogP contribution in [-0.2, 0) is 46.2 Å². The molecule has 0 aliphatic carbocycles. The lowest BCUT2D eigenvalue weighted by atomic mass is 9.98. The Labute approximate surface area is 297 Å². The number of halogens is 1. The van der Waals surface area contributed by atoms with Gasteiger partial charge in [-0.1, -0.05) is 18.2 Å². The zero-order valence-corrected chi connectivity index (χ0v) is 29.9. The van der Waals surface area contributed by atoms with E-state index in [9.17, 15) is 28.8 Å². The zero-order chi connectivity index (χ0) is 37.6. The van der Waals surface area contributed by atoms with E-state index in [1.807, 2.05) is 29.0 Å². The van der Waals surface area contributed by atoms with Crippen LogP contribution in [0.3, 0.4) is 0 Å². The predicted octanol–water partition coefficient (Wildman–Crippen LogP) is 3.46. The third kappa shape index (κ3) is 9.03. The summed E-state index contributed by atoms with van der Waals surface area (Å²) in [5, 5.41) is 14.4. The SMILES string of the molecule is CC(C)OC(=O)[C@H](C)NP(=O)(OC[C@H]1O[C@@H](n2ccc(=O)n(COC(=O)CCCn3ccc4cccnc43)c2=O)[C@](C)(F)[C@@H]1O)Oc1ccccc1. The zero-order valence-electron chi connectivity index (χ0n) is 29.0. The van der Waals surface area contributed by atoms with Gasteiger partial charge in [-0.2, -0.15) is 5.09 Å². The van der Waals surface area contributed by atoms with Crippen LogP contribution in [0.2, 0.25) is 0 Å². The fraction of sp³-hybridized carbons (Fsp3) is 0.441. The molecule has 3 aromatic heterocycles. The van der Waals surface area contributed by atoms with Crippen LogP contribution in [0.25, 0.3) is 11.0 Å². The Morgan fingerprint density at radius 2 is 1.85 bits per heavy atom. The lowest BCUT2D eigenvalue weighted by molar-refractivity contribution is -0.149. The average Bonchev–Trinajstić information content (AvgIpc) is 3.60. The predicted molar refractivity (Wildman–Crippen MR) is 184 cm³/mol. The highest BCUT2D eigenvalue weighted by Crippen LogP contribution is 2.47. The van der Waals surface area contributed by atoms with Crippen molar-refractivity contribution < 1.29 is 46.9 Å². The van der Waals surface area contributed by atoms with Crippen LogP contribution in [0, 0.1) is 0 Å². The normalized spacial score (nSPS) is 21.9. The smallest absolute Gasteiger partial charge is 0.459 e. The lowest BCUT2D eigenvalue weighted by Crippen LogP contribution is -2.46. The molecule has 1 saturated heterocycles. The molecule has 1 unspecified atom stereocenters. The van der Waals surface area contributed by atoms with E-state index >= 15 is 4.39 Å². The van der Waals surface area contributed by atoms with Gasteiger partial charge >= 0.3 is 25.4 Å². The van der Waals surface area contributed by atoms with Gasteiger partial charge in [-0.3, -0.25) is 23.5 Å². The molecule has 0 amide bonds. The first-order valence-electron chi connectivity index (χ1n) is 16.6. The van der Waals surface area contributed by atoms with Gasteiger partial charge in [0, 0.05) is 43.0 Å². The molecule has 1 fully saturated rings. The maximum atomic E-state index is 16.1. The number of pyridine rings is 1. The van der Waals surface area contributed by atoms with E-state index < -0.39 is 80.5 Å². The molecule has 18 heteroatoms. The number of fused-ring (bicyclic) bond motifs is 1. The Hall–Kier alpha value is -4.67. The monoisotopic (exact) mass is 745 g/mol. The second-order valence-electron chi connectivity index (χ2n) is 12.6. The van der Waals surface area contributed by atoms with Crippen LogP contribution in [0.15, 0.2) is 82.8 Å². The number of para-hydroxylation sites is 1. The van der Waals surface area contributed by atoms with Gasteiger partial charge in [0.25, 0.3) is 5.56 Å². The molecule has 4 heterocycles. The van der Waals surface area contributed by atoms with E-state index in [0.717, 1.165) is 34.8 Å². The quantitative estimate of drug-likeness (QED) is 0.125. The van der Waals surface area contributed by atoms with Crippen molar-refractivity contribution in [2.24, 2.45) is 0 Å². The Morgan fingerprint density at radius 3 is 2.58 bits per heavy atom. The number of carbonyl (C=O) groups excluding carboxylic acids is 2. The molecular formula is C34H41FN5O11P. The van der Waals surface area contributed by atoms with Crippen LogP contribution in [0.1, 0.15) is 46.8 Å². The molecule has 1 aliphatic heterocycles. The Kier molecular flexibility index (Phi) is 12.1. The van der Waals surface area contributed by atoms with E-state index in [4.69, 9.17) is 23.3 Å². The molecule has 0 bridgehead atoms. The first-order valence-corrected chi connectivity index (χ1v) is 18.1. The highest BCUT2D eigenvalue weighted by atomic mass is 31.2. The average molecular weight is 746 g/mol. The number of aromatic nitrogens is 4. The second kappa shape index (κ2) is 16.3. The largest absolute Gasteiger partial charge is 0.462 e. The molecule has 0 radical (unpaired) electrons. The van der Waals surface area contributed by atoms with Crippen molar-refractivity contribution in [3.63, 3.8) is 0 Å². The first-order chi connectivity index (χ1) is 24.7. The number of aliphatic hydroxyl groups is 1. The summed E-state index contributed by atoms with van der Waals surface area (Å²) < 4.78 is 60.5. The molecule has 0 spiro atoms. The number of benzene rings is 1. The van der Waals surface area contributed by atoms with Crippen molar-refractivity contribution in [1.82, 2.24) is 23.8 Å². The summed E-state index contributed by atoms with van der Waals surface area (Å²) in [6, 6.07) is 13.3. The molecule has 6 atom stereocenters. The summed E-state index contributed by atoms with van der Waals surface area (Å²) in [6.45, 7) is 4.65. The van der Waals surface area contributed by atoms with Crippen molar-refractivity contribution in [1.29, 1.82) is 0 Å². The van der Waals surface area contributed by atoms with Gasteiger partial charge in [0.15, 0.2) is 18.6 Å². The van der Waals surface area contributed by atoms with Crippen LogP contribution in [-0.4, -0.2) is 72.4 Å². The molecule has 280 valence electrons. The van der Waals surface area contributed by atoms with Crippen LogP contribution in [0.5, 0.6) is 5.75 Å². The number of rotatable bonds is 16. The summed E-state index contributed by atoms with van der Waals surface area (Å²) in [6.07, 6.45) is -0.801. The maximum absolute atomic E-state index is 16.1.